The number of aromatic nitrogens is 1. The summed E-state index contributed by atoms with van der Waals surface area (Å²) >= 11 is 1.33. The van der Waals surface area contributed by atoms with Crippen molar-refractivity contribution in [1.82, 2.24) is 4.98 Å². The topological polar surface area (TPSA) is 59.5 Å². The molecule has 0 amide bonds. The fourth-order valence-electron chi connectivity index (χ4n) is 2.51. The molecule has 1 unspecified atom stereocenters. The molecule has 7 heteroatoms. The van der Waals surface area contributed by atoms with Gasteiger partial charge in [0.1, 0.15) is 0 Å². The van der Waals surface area contributed by atoms with Crippen molar-refractivity contribution in [3.05, 3.63) is 41.9 Å². The molecule has 5 nitrogen and oxygen atoms in total. The molecule has 0 saturated carbocycles. The summed E-state index contributed by atoms with van der Waals surface area (Å²) < 4.78 is 32.8. The van der Waals surface area contributed by atoms with E-state index >= 15 is 0 Å². The number of thiazole rings is 1. The first kappa shape index (κ1) is 15.5. The van der Waals surface area contributed by atoms with E-state index in [1.807, 2.05) is 0 Å². The zero-order chi connectivity index (χ0) is 15.4. The maximum absolute atomic E-state index is 12.9. The predicted octanol–water partition coefficient (Wildman–Crippen LogP) is 2.91. The summed E-state index contributed by atoms with van der Waals surface area (Å²) in [5, 5.41) is 2.29. The summed E-state index contributed by atoms with van der Waals surface area (Å²) in [6, 6.07) is 8.49. The van der Waals surface area contributed by atoms with Gasteiger partial charge in [-0.25, -0.2) is 17.7 Å². The second kappa shape index (κ2) is 6.76. The molecule has 0 spiro atoms. The average Bonchev–Trinajstić information content (AvgIpc) is 3.21. The smallest absolute Gasteiger partial charge is 0.266 e. The Bertz CT molecular complexity index is 681. The lowest BCUT2D eigenvalue weighted by molar-refractivity contribution is 0.106. The third-order valence-electron chi connectivity index (χ3n) is 3.64. The first-order valence-corrected chi connectivity index (χ1v) is 9.59. The second-order valence-corrected chi connectivity index (χ2v) is 7.86. The average molecular weight is 338 g/mol. The molecule has 0 bridgehead atoms. The zero-order valence-corrected chi connectivity index (χ0v) is 13.7. The molecule has 0 radical (unpaired) electrons. The maximum Gasteiger partial charge on any atom is 0.266 e. The van der Waals surface area contributed by atoms with Crippen LogP contribution in [-0.2, 0) is 14.8 Å². The molecule has 1 saturated heterocycles. The zero-order valence-electron chi connectivity index (χ0n) is 12.1. The van der Waals surface area contributed by atoms with Gasteiger partial charge in [-0.3, -0.25) is 0 Å². The van der Waals surface area contributed by atoms with Gasteiger partial charge in [-0.15, -0.1) is 11.3 Å². The molecule has 0 aliphatic carbocycles. The Kier molecular flexibility index (Phi) is 4.75. The molecule has 2 aromatic rings. The Morgan fingerprint density at radius 1 is 1.32 bits per heavy atom. The Morgan fingerprint density at radius 3 is 2.77 bits per heavy atom. The van der Waals surface area contributed by atoms with E-state index < -0.39 is 10.0 Å². The summed E-state index contributed by atoms with van der Waals surface area (Å²) in [4.78, 5) is 4.47. The molecule has 0 N–H and O–H groups in total. The largest absolute Gasteiger partial charge is 0.378 e. The van der Waals surface area contributed by atoms with E-state index in [0.717, 1.165) is 19.4 Å². The van der Waals surface area contributed by atoms with E-state index in [1.165, 1.54) is 15.6 Å². The number of hydrogen-bond acceptors (Lipinski definition) is 5. The molecule has 1 atom stereocenters. The molecule has 2 heterocycles. The molecule has 22 heavy (non-hydrogen) atoms. The van der Waals surface area contributed by atoms with E-state index in [9.17, 15) is 8.42 Å². The third kappa shape index (κ3) is 3.31. The predicted molar refractivity (Wildman–Crippen MR) is 86.7 cm³/mol. The molecule has 1 aromatic heterocycles. The van der Waals surface area contributed by atoms with Crippen LogP contribution in [0, 0.1) is 0 Å². The second-order valence-electron chi connectivity index (χ2n) is 5.13. The number of anilines is 1. The Hall–Kier alpha value is -1.44. The maximum atomic E-state index is 12.9. The van der Waals surface area contributed by atoms with Crippen LogP contribution in [0.2, 0.25) is 0 Å². The number of rotatable bonds is 6. The van der Waals surface area contributed by atoms with Gasteiger partial charge in [-0.1, -0.05) is 18.2 Å². The Labute approximate surface area is 134 Å². The fraction of sp³-hybridized carbons (Fsp3) is 0.400. The van der Waals surface area contributed by atoms with Crippen molar-refractivity contribution < 1.29 is 13.2 Å². The highest BCUT2D eigenvalue weighted by molar-refractivity contribution is 7.93. The van der Waals surface area contributed by atoms with Crippen LogP contribution in [0.3, 0.4) is 0 Å². The molecule has 3 rings (SSSR count). The minimum absolute atomic E-state index is 0.147. The monoisotopic (exact) mass is 338 g/mol. The molecule has 1 fully saturated rings. The molecule has 1 aliphatic heterocycles. The van der Waals surface area contributed by atoms with Crippen LogP contribution in [0.25, 0.3) is 0 Å². The molecule has 118 valence electrons. The van der Waals surface area contributed by atoms with Crippen LogP contribution in [0.15, 0.2) is 46.8 Å². The van der Waals surface area contributed by atoms with Gasteiger partial charge in [-0.2, -0.15) is 0 Å². The van der Waals surface area contributed by atoms with Crippen molar-refractivity contribution in [2.24, 2.45) is 0 Å². The number of sulfonamides is 1. The number of benzene rings is 1. The van der Waals surface area contributed by atoms with E-state index in [2.05, 4.69) is 4.98 Å². The van der Waals surface area contributed by atoms with Crippen molar-refractivity contribution in [2.45, 2.75) is 30.3 Å². The van der Waals surface area contributed by atoms with Gasteiger partial charge in [0.05, 0.1) is 11.0 Å². The lowest BCUT2D eigenvalue weighted by atomic mass is 10.2. The van der Waals surface area contributed by atoms with Crippen LogP contribution >= 0.6 is 11.3 Å². The van der Waals surface area contributed by atoms with Gasteiger partial charge < -0.3 is 4.74 Å². The summed E-state index contributed by atoms with van der Waals surface area (Å²) in [5.41, 5.74) is 0. The lowest BCUT2D eigenvalue weighted by Gasteiger charge is -2.23. The van der Waals surface area contributed by atoms with Crippen molar-refractivity contribution in [3.8, 4) is 0 Å². The minimum Gasteiger partial charge on any atom is -0.378 e. The van der Waals surface area contributed by atoms with Gasteiger partial charge in [0.25, 0.3) is 10.0 Å². The van der Waals surface area contributed by atoms with E-state index in [-0.39, 0.29) is 11.0 Å². The van der Waals surface area contributed by atoms with Crippen molar-refractivity contribution in [1.29, 1.82) is 0 Å². The highest BCUT2D eigenvalue weighted by Crippen LogP contribution is 2.27. The van der Waals surface area contributed by atoms with Crippen molar-refractivity contribution in [2.75, 3.05) is 17.5 Å². The van der Waals surface area contributed by atoms with Crippen LogP contribution in [0.4, 0.5) is 5.13 Å². The van der Waals surface area contributed by atoms with Crippen LogP contribution in [-0.4, -0.2) is 32.7 Å². The van der Waals surface area contributed by atoms with Gasteiger partial charge in [0.15, 0.2) is 5.13 Å². The van der Waals surface area contributed by atoms with Crippen LogP contribution < -0.4 is 4.31 Å². The quantitative estimate of drug-likeness (QED) is 0.812. The summed E-state index contributed by atoms with van der Waals surface area (Å²) in [7, 11) is -3.59. The van der Waals surface area contributed by atoms with Gasteiger partial charge in [-0.05, 0) is 31.4 Å². The third-order valence-corrected chi connectivity index (χ3v) is 6.36. The van der Waals surface area contributed by atoms with E-state index in [4.69, 9.17) is 4.74 Å². The Morgan fingerprint density at radius 2 is 2.14 bits per heavy atom. The lowest BCUT2D eigenvalue weighted by Crippen LogP contribution is -2.33. The number of hydrogen-bond donors (Lipinski definition) is 0. The van der Waals surface area contributed by atoms with E-state index in [1.54, 1.807) is 41.9 Å². The first-order valence-electron chi connectivity index (χ1n) is 7.27. The van der Waals surface area contributed by atoms with Gasteiger partial charge >= 0.3 is 0 Å². The fourth-order valence-corrected chi connectivity index (χ4v) is 4.86. The molecule has 1 aliphatic rings. The number of ether oxygens (including phenoxy) is 1. The normalized spacial score (nSPS) is 18.5. The van der Waals surface area contributed by atoms with Crippen molar-refractivity contribution in [3.63, 3.8) is 0 Å². The minimum atomic E-state index is -3.59. The summed E-state index contributed by atoms with van der Waals surface area (Å²) in [5.74, 6) is 0. The Balaban J connectivity index is 1.85. The van der Waals surface area contributed by atoms with Crippen LogP contribution in [0.1, 0.15) is 19.3 Å². The van der Waals surface area contributed by atoms with Gasteiger partial charge in [0.2, 0.25) is 0 Å². The summed E-state index contributed by atoms with van der Waals surface area (Å²) in [6.07, 6.45) is 4.50. The first-order chi connectivity index (χ1) is 10.7. The molecular weight excluding hydrogens is 320 g/mol. The highest BCUT2D eigenvalue weighted by Gasteiger charge is 2.28. The summed E-state index contributed by atoms with van der Waals surface area (Å²) in [6.45, 7) is 1.16. The van der Waals surface area contributed by atoms with Crippen LogP contribution in [0.5, 0.6) is 0 Å². The van der Waals surface area contributed by atoms with E-state index in [0.29, 0.717) is 18.1 Å². The number of nitrogens with zero attached hydrogens (tertiary/aromatic N) is 2. The standard InChI is InChI=1S/C15H18N2O3S2/c18-22(19,14-6-2-1-3-7-14)17(15-16-9-12-21-15)10-8-13-5-4-11-20-13/h1-3,6-7,9,12-13H,4-5,8,10-11H2. The SMILES string of the molecule is O=S(=O)(c1ccccc1)N(CCC1CCCO1)c1nccs1. The molecular formula is C15H18N2O3S2. The highest BCUT2D eigenvalue weighted by atomic mass is 32.2. The van der Waals surface area contributed by atoms with Gasteiger partial charge in [0, 0.05) is 24.7 Å². The molecule has 1 aromatic carbocycles. The van der Waals surface area contributed by atoms with Crippen molar-refractivity contribution >= 4 is 26.5 Å².